The SMILES string of the molecule is CCNC(CCC(F)(F)F)C1CCC(C)(C)CC1. The zero-order valence-electron chi connectivity index (χ0n) is 11.7. The lowest BCUT2D eigenvalue weighted by Gasteiger charge is -2.38. The number of hydrogen-bond acceptors (Lipinski definition) is 1. The maximum Gasteiger partial charge on any atom is 0.389 e. The largest absolute Gasteiger partial charge is 0.389 e. The van der Waals surface area contributed by atoms with Gasteiger partial charge in [0.1, 0.15) is 0 Å². The molecule has 0 bridgehead atoms. The smallest absolute Gasteiger partial charge is 0.314 e. The number of rotatable bonds is 5. The Bertz CT molecular complexity index is 238. The van der Waals surface area contributed by atoms with Gasteiger partial charge in [0.2, 0.25) is 0 Å². The van der Waals surface area contributed by atoms with E-state index < -0.39 is 12.6 Å². The minimum atomic E-state index is -4.03. The summed E-state index contributed by atoms with van der Waals surface area (Å²) in [5.74, 6) is 0.417. The molecular weight excluding hydrogens is 239 g/mol. The van der Waals surface area contributed by atoms with Crippen molar-refractivity contribution in [1.29, 1.82) is 0 Å². The van der Waals surface area contributed by atoms with Gasteiger partial charge in [0.05, 0.1) is 0 Å². The molecule has 1 saturated carbocycles. The van der Waals surface area contributed by atoms with Crippen molar-refractivity contribution in [2.75, 3.05) is 6.54 Å². The van der Waals surface area contributed by atoms with E-state index in [-0.39, 0.29) is 12.5 Å². The highest BCUT2D eigenvalue weighted by molar-refractivity contribution is 4.85. The van der Waals surface area contributed by atoms with Crippen LogP contribution in [0.25, 0.3) is 0 Å². The van der Waals surface area contributed by atoms with Crippen molar-refractivity contribution in [1.82, 2.24) is 5.32 Å². The highest BCUT2D eigenvalue weighted by atomic mass is 19.4. The summed E-state index contributed by atoms with van der Waals surface area (Å²) in [6, 6.07) is 0.0349. The number of hydrogen-bond donors (Lipinski definition) is 1. The van der Waals surface area contributed by atoms with Crippen LogP contribution in [0, 0.1) is 11.3 Å². The van der Waals surface area contributed by atoms with Crippen molar-refractivity contribution in [3.8, 4) is 0 Å². The summed E-state index contributed by atoms with van der Waals surface area (Å²) in [6.45, 7) is 7.22. The first-order chi connectivity index (χ1) is 8.23. The van der Waals surface area contributed by atoms with Crippen molar-refractivity contribution in [3.05, 3.63) is 0 Å². The molecule has 1 aliphatic carbocycles. The Morgan fingerprint density at radius 2 is 1.78 bits per heavy atom. The molecule has 18 heavy (non-hydrogen) atoms. The van der Waals surface area contributed by atoms with Crippen LogP contribution in [-0.4, -0.2) is 18.8 Å². The molecule has 0 aromatic rings. The van der Waals surface area contributed by atoms with E-state index in [9.17, 15) is 13.2 Å². The van der Waals surface area contributed by atoms with E-state index in [1.807, 2.05) is 6.92 Å². The van der Waals surface area contributed by atoms with Gasteiger partial charge in [-0.2, -0.15) is 13.2 Å². The maximum absolute atomic E-state index is 12.3. The van der Waals surface area contributed by atoms with Gasteiger partial charge in [-0.25, -0.2) is 0 Å². The second-order valence-electron chi connectivity index (χ2n) is 6.32. The zero-order chi connectivity index (χ0) is 13.8. The van der Waals surface area contributed by atoms with Gasteiger partial charge >= 0.3 is 6.18 Å². The molecular formula is C14H26F3N. The molecule has 0 radical (unpaired) electrons. The molecule has 1 nitrogen and oxygen atoms in total. The molecule has 1 rings (SSSR count). The summed E-state index contributed by atoms with van der Waals surface area (Å²) < 4.78 is 37.0. The molecule has 0 heterocycles. The van der Waals surface area contributed by atoms with Crippen LogP contribution in [0.2, 0.25) is 0 Å². The van der Waals surface area contributed by atoms with Crippen molar-refractivity contribution in [2.24, 2.45) is 11.3 Å². The van der Waals surface area contributed by atoms with Crippen LogP contribution in [-0.2, 0) is 0 Å². The van der Waals surface area contributed by atoms with Crippen LogP contribution in [0.5, 0.6) is 0 Å². The van der Waals surface area contributed by atoms with E-state index in [0.717, 1.165) is 32.2 Å². The first-order valence-corrected chi connectivity index (χ1v) is 7.04. The second kappa shape index (κ2) is 6.27. The fourth-order valence-corrected chi connectivity index (χ4v) is 2.91. The maximum atomic E-state index is 12.3. The first-order valence-electron chi connectivity index (χ1n) is 7.04. The van der Waals surface area contributed by atoms with Crippen LogP contribution in [0.15, 0.2) is 0 Å². The van der Waals surface area contributed by atoms with Gasteiger partial charge in [0.15, 0.2) is 0 Å². The highest BCUT2D eigenvalue weighted by Crippen LogP contribution is 2.40. The van der Waals surface area contributed by atoms with Crippen LogP contribution in [0.1, 0.15) is 59.3 Å². The van der Waals surface area contributed by atoms with Crippen molar-refractivity contribution < 1.29 is 13.2 Å². The van der Waals surface area contributed by atoms with Gasteiger partial charge in [-0.3, -0.25) is 0 Å². The fourth-order valence-electron chi connectivity index (χ4n) is 2.91. The average Bonchev–Trinajstić information content (AvgIpc) is 2.23. The summed E-state index contributed by atoms with van der Waals surface area (Å²) in [7, 11) is 0. The summed E-state index contributed by atoms with van der Waals surface area (Å²) in [6.07, 6.45) is -0.0865. The van der Waals surface area contributed by atoms with E-state index in [4.69, 9.17) is 0 Å². The van der Waals surface area contributed by atoms with E-state index in [2.05, 4.69) is 19.2 Å². The second-order valence-corrected chi connectivity index (χ2v) is 6.32. The number of nitrogens with one attached hydrogen (secondary N) is 1. The number of halogens is 3. The quantitative estimate of drug-likeness (QED) is 0.770. The molecule has 4 heteroatoms. The molecule has 0 amide bonds. The van der Waals surface area contributed by atoms with Gasteiger partial charge < -0.3 is 5.32 Å². The molecule has 108 valence electrons. The van der Waals surface area contributed by atoms with Gasteiger partial charge in [0.25, 0.3) is 0 Å². The van der Waals surface area contributed by atoms with Gasteiger partial charge in [-0.1, -0.05) is 20.8 Å². The molecule has 1 fully saturated rings. The lowest BCUT2D eigenvalue weighted by atomic mass is 9.70. The van der Waals surface area contributed by atoms with E-state index >= 15 is 0 Å². The normalized spacial score (nSPS) is 23.0. The molecule has 0 aliphatic heterocycles. The Kier molecular flexibility index (Phi) is 5.50. The topological polar surface area (TPSA) is 12.0 Å². The van der Waals surface area contributed by atoms with Crippen LogP contribution >= 0.6 is 0 Å². The summed E-state index contributed by atoms with van der Waals surface area (Å²) in [5.41, 5.74) is 0.372. The lowest BCUT2D eigenvalue weighted by Crippen LogP contribution is -2.39. The van der Waals surface area contributed by atoms with Gasteiger partial charge in [0, 0.05) is 12.5 Å². The first kappa shape index (κ1) is 15.8. The van der Waals surface area contributed by atoms with Crippen molar-refractivity contribution in [2.45, 2.75) is 71.5 Å². The van der Waals surface area contributed by atoms with Crippen molar-refractivity contribution in [3.63, 3.8) is 0 Å². The third-order valence-corrected chi connectivity index (χ3v) is 4.16. The molecule has 1 N–H and O–H groups in total. The number of alkyl halides is 3. The third-order valence-electron chi connectivity index (χ3n) is 4.16. The molecule has 0 aromatic heterocycles. The molecule has 0 spiro atoms. The van der Waals surface area contributed by atoms with E-state index in [1.165, 1.54) is 0 Å². The zero-order valence-corrected chi connectivity index (χ0v) is 11.7. The summed E-state index contributed by atoms with van der Waals surface area (Å²) >= 11 is 0. The Morgan fingerprint density at radius 1 is 1.22 bits per heavy atom. The Balaban J connectivity index is 2.47. The predicted octanol–water partition coefficient (Wildman–Crippen LogP) is 4.52. The molecule has 0 saturated heterocycles. The van der Waals surface area contributed by atoms with E-state index in [0.29, 0.717) is 11.3 Å². The minimum absolute atomic E-state index is 0.0349. The Hall–Kier alpha value is -0.250. The molecule has 1 atom stereocenters. The Labute approximate surface area is 109 Å². The highest BCUT2D eigenvalue weighted by Gasteiger charge is 2.34. The molecule has 1 aliphatic rings. The summed E-state index contributed by atoms with van der Waals surface area (Å²) in [4.78, 5) is 0. The van der Waals surface area contributed by atoms with Crippen LogP contribution in [0.4, 0.5) is 13.2 Å². The Morgan fingerprint density at radius 3 is 2.22 bits per heavy atom. The fraction of sp³-hybridized carbons (Fsp3) is 1.00. The monoisotopic (exact) mass is 265 g/mol. The molecule has 0 aromatic carbocycles. The summed E-state index contributed by atoms with van der Waals surface area (Å²) in [5, 5.41) is 3.25. The van der Waals surface area contributed by atoms with Crippen LogP contribution in [0.3, 0.4) is 0 Å². The standard InChI is InChI=1S/C14H26F3N/c1-4-18-12(7-10-14(15,16)17)11-5-8-13(2,3)9-6-11/h11-12,18H,4-10H2,1-3H3. The van der Waals surface area contributed by atoms with E-state index in [1.54, 1.807) is 0 Å². The lowest BCUT2D eigenvalue weighted by molar-refractivity contribution is -0.137. The van der Waals surface area contributed by atoms with Gasteiger partial charge in [-0.05, 0) is 50.0 Å². The minimum Gasteiger partial charge on any atom is -0.314 e. The third kappa shape index (κ3) is 5.59. The van der Waals surface area contributed by atoms with Crippen LogP contribution < -0.4 is 5.32 Å². The van der Waals surface area contributed by atoms with Crippen molar-refractivity contribution >= 4 is 0 Å². The average molecular weight is 265 g/mol. The molecule has 1 unspecified atom stereocenters. The van der Waals surface area contributed by atoms with Gasteiger partial charge in [-0.15, -0.1) is 0 Å². The predicted molar refractivity (Wildman–Crippen MR) is 68.5 cm³/mol.